The fourth-order valence-electron chi connectivity index (χ4n) is 6.62. The molecule has 0 aliphatic rings. The van der Waals surface area contributed by atoms with E-state index in [1.807, 2.05) is 25.1 Å². The van der Waals surface area contributed by atoms with Crippen LogP contribution in [0.4, 0.5) is 0 Å². The Balaban J connectivity index is 1.55. The Labute approximate surface area is 257 Å². The Bertz CT molecular complexity index is 2370. The third-order valence-corrected chi connectivity index (χ3v) is 8.78. The number of hydrogen-bond acceptors (Lipinski definition) is 1. The molecule has 2 heterocycles. The van der Waals surface area contributed by atoms with Crippen molar-refractivity contribution in [2.45, 2.75) is 39.5 Å². The normalized spacial score (nSPS) is 13.1. The van der Waals surface area contributed by atoms with Crippen molar-refractivity contribution in [2.24, 2.45) is 0 Å². The summed E-state index contributed by atoms with van der Waals surface area (Å²) in [4.78, 5) is 4.06. The molecule has 0 spiro atoms. The zero-order valence-electron chi connectivity index (χ0n) is 25.4. The summed E-state index contributed by atoms with van der Waals surface area (Å²) in [5.41, 5.74) is 7.52. The molecule has 44 heavy (non-hydrogen) atoms. The highest BCUT2D eigenvalue weighted by molar-refractivity contribution is 6.22. The number of hydrogen-bond donors (Lipinski definition) is 0. The zero-order chi connectivity index (χ0) is 30.6. The topological polar surface area (TPSA) is 38.0 Å². The van der Waals surface area contributed by atoms with Crippen molar-refractivity contribution in [1.29, 1.82) is 5.26 Å². The van der Waals surface area contributed by atoms with Gasteiger partial charge >= 0.3 is 0 Å². The predicted octanol–water partition coefficient (Wildman–Crippen LogP) is 10.9. The number of nitriles is 1. The van der Waals surface area contributed by atoms with Gasteiger partial charge in [0.25, 0.3) is 0 Å². The number of aromatic nitrogens is 2. The van der Waals surface area contributed by atoms with E-state index >= 15 is 0 Å². The molecular weight excluding hydrogens is 536 g/mol. The summed E-state index contributed by atoms with van der Waals surface area (Å²) < 4.78 is 4.37. The molecule has 4 nitrogen and oxygen atoms in total. The molecular formula is C40H32N4. The molecule has 0 aliphatic carbocycles. The second-order valence-electron chi connectivity index (χ2n) is 12.4. The predicted molar refractivity (Wildman–Crippen MR) is 185 cm³/mol. The largest absolute Gasteiger partial charge is 0.323 e. The van der Waals surface area contributed by atoms with Crippen molar-refractivity contribution < 1.29 is 0 Å². The molecule has 0 atom stereocenters. The van der Waals surface area contributed by atoms with Gasteiger partial charge in [-0.3, -0.25) is 0 Å². The lowest BCUT2D eigenvalue weighted by molar-refractivity contribution is 0.591. The van der Waals surface area contributed by atoms with Crippen molar-refractivity contribution in [1.82, 2.24) is 9.13 Å². The van der Waals surface area contributed by atoms with Gasteiger partial charge in [-0.05, 0) is 65.1 Å². The van der Waals surface area contributed by atoms with Gasteiger partial charge in [-0.15, -0.1) is 0 Å². The third kappa shape index (κ3) is 4.19. The van der Waals surface area contributed by atoms with Gasteiger partial charge in [-0.25, -0.2) is 4.85 Å². The summed E-state index contributed by atoms with van der Waals surface area (Å²) in [6.45, 7) is 17.0. The molecule has 7 aromatic rings. The fraction of sp³-hybridized carbons (Fsp3) is 0.150. The van der Waals surface area contributed by atoms with E-state index in [2.05, 4.69) is 132 Å². The van der Waals surface area contributed by atoms with Crippen LogP contribution >= 0.6 is 0 Å². The van der Waals surface area contributed by atoms with Gasteiger partial charge in [0.15, 0.2) is 0 Å². The zero-order valence-corrected chi connectivity index (χ0v) is 25.4. The maximum atomic E-state index is 10.1. The van der Waals surface area contributed by atoms with E-state index in [0.717, 1.165) is 49.6 Å². The van der Waals surface area contributed by atoms with Crippen LogP contribution in [-0.2, 0) is 5.41 Å². The second-order valence-corrected chi connectivity index (χ2v) is 12.4. The first kappa shape index (κ1) is 27.3. The van der Waals surface area contributed by atoms with Gasteiger partial charge in [0.2, 0.25) is 5.70 Å². The van der Waals surface area contributed by atoms with Crippen molar-refractivity contribution in [2.75, 3.05) is 0 Å². The smallest absolute Gasteiger partial charge is 0.208 e. The highest BCUT2D eigenvalue weighted by Gasteiger charge is 2.21. The summed E-state index contributed by atoms with van der Waals surface area (Å²) in [6, 6.07) is 38.5. The van der Waals surface area contributed by atoms with Gasteiger partial charge < -0.3 is 9.13 Å². The maximum Gasteiger partial charge on any atom is 0.208 e. The molecule has 0 fully saturated rings. The number of para-hydroxylation sites is 2. The highest BCUT2D eigenvalue weighted by Crippen LogP contribution is 2.40. The van der Waals surface area contributed by atoms with Gasteiger partial charge in [0.1, 0.15) is 0 Å². The van der Waals surface area contributed by atoms with Crippen LogP contribution in [0, 0.1) is 17.9 Å². The van der Waals surface area contributed by atoms with Crippen molar-refractivity contribution in [3.8, 4) is 6.07 Å². The minimum Gasteiger partial charge on any atom is -0.323 e. The van der Waals surface area contributed by atoms with E-state index < -0.39 is 0 Å². The number of nitrogens with zero attached hydrogens (tertiary/aromatic N) is 4. The van der Waals surface area contributed by atoms with Gasteiger partial charge in [0, 0.05) is 32.9 Å². The molecule has 0 saturated heterocycles. The van der Waals surface area contributed by atoms with Crippen LogP contribution in [0.1, 0.15) is 39.7 Å². The Hall–Kier alpha value is -5.58. The standard InChI is InChI=1S/C40H32N4/c1-26(43-35-16-10-8-14-31(35)32-15-9-11-17-36(32)43)34(42-5)25-29(22-23-41)44-37-21-19-28(40(2,3)4)24-33(37)39-30-13-7-6-12-27(30)18-20-38(39)44/h6-21,24-25H,22H2,1-4H3/b29-25+,34-26-. The first-order chi connectivity index (χ1) is 21.3. The summed E-state index contributed by atoms with van der Waals surface area (Å²) in [6.07, 6.45) is 2.08. The minimum absolute atomic E-state index is 0.0159. The summed E-state index contributed by atoms with van der Waals surface area (Å²) in [7, 11) is 0. The van der Waals surface area contributed by atoms with E-state index in [1.165, 1.54) is 21.7 Å². The minimum atomic E-state index is -0.0159. The van der Waals surface area contributed by atoms with Crippen molar-refractivity contribution in [3.63, 3.8) is 0 Å². The van der Waals surface area contributed by atoms with Crippen LogP contribution in [0.25, 0.3) is 70.6 Å². The molecule has 2 aromatic heterocycles. The molecule has 0 unspecified atom stereocenters. The summed E-state index contributed by atoms with van der Waals surface area (Å²) >= 11 is 0. The lowest BCUT2D eigenvalue weighted by Gasteiger charge is -2.19. The van der Waals surface area contributed by atoms with E-state index in [-0.39, 0.29) is 11.8 Å². The molecule has 0 saturated carbocycles. The molecule has 212 valence electrons. The van der Waals surface area contributed by atoms with Crippen LogP contribution in [0.2, 0.25) is 0 Å². The molecule has 0 N–H and O–H groups in total. The van der Waals surface area contributed by atoms with Crippen molar-refractivity contribution in [3.05, 3.63) is 132 Å². The van der Waals surface area contributed by atoms with Crippen LogP contribution < -0.4 is 0 Å². The van der Waals surface area contributed by atoms with E-state index in [4.69, 9.17) is 6.57 Å². The fourth-order valence-corrected chi connectivity index (χ4v) is 6.62. The lowest BCUT2D eigenvalue weighted by atomic mass is 9.86. The molecule has 0 radical (unpaired) electrons. The van der Waals surface area contributed by atoms with Crippen LogP contribution in [0.3, 0.4) is 0 Å². The third-order valence-electron chi connectivity index (χ3n) is 8.78. The molecule has 7 rings (SSSR count). The van der Waals surface area contributed by atoms with E-state index in [0.29, 0.717) is 5.70 Å². The average Bonchev–Trinajstić information content (AvgIpc) is 3.55. The van der Waals surface area contributed by atoms with E-state index in [9.17, 15) is 5.26 Å². The Morgan fingerprint density at radius 1 is 0.750 bits per heavy atom. The molecule has 5 aromatic carbocycles. The lowest BCUT2D eigenvalue weighted by Crippen LogP contribution is -2.10. The summed E-state index contributed by atoms with van der Waals surface area (Å²) in [5, 5.41) is 17.1. The number of fused-ring (bicyclic) bond motifs is 8. The van der Waals surface area contributed by atoms with E-state index in [1.54, 1.807) is 0 Å². The average molecular weight is 569 g/mol. The van der Waals surface area contributed by atoms with Crippen molar-refractivity contribution >= 4 is 65.8 Å². The first-order valence-electron chi connectivity index (χ1n) is 14.9. The Kier molecular flexibility index (Phi) is 6.38. The SMILES string of the molecule is [C-]#[N+]C(/C=C(\CC#N)n1c2ccc(C(C)(C)C)cc2c2c3ccccc3ccc21)=C(/C)n1c2ccccc2c2ccccc21. The van der Waals surface area contributed by atoms with Gasteiger partial charge in [-0.1, -0.05) is 93.6 Å². The number of allylic oxidation sites excluding steroid dienone is 3. The first-order valence-corrected chi connectivity index (χ1v) is 14.9. The maximum absolute atomic E-state index is 10.1. The molecule has 0 bridgehead atoms. The van der Waals surface area contributed by atoms with Gasteiger partial charge in [0.05, 0.1) is 41.1 Å². The molecule has 0 aliphatic heterocycles. The monoisotopic (exact) mass is 568 g/mol. The molecule has 0 amide bonds. The van der Waals surface area contributed by atoms with Crippen LogP contribution in [-0.4, -0.2) is 9.13 Å². The quantitative estimate of drug-likeness (QED) is 0.154. The number of benzene rings is 5. The van der Waals surface area contributed by atoms with Gasteiger partial charge in [-0.2, -0.15) is 5.26 Å². The molecule has 4 heteroatoms. The van der Waals surface area contributed by atoms with Crippen LogP contribution in [0.5, 0.6) is 0 Å². The second kappa shape index (κ2) is 10.3. The highest BCUT2D eigenvalue weighted by atomic mass is 15.0. The number of rotatable bonds is 4. The summed E-state index contributed by atoms with van der Waals surface area (Å²) in [5.74, 6) is 0. The Morgan fingerprint density at radius 3 is 1.98 bits per heavy atom. The Morgan fingerprint density at radius 2 is 1.34 bits per heavy atom. The van der Waals surface area contributed by atoms with Crippen LogP contribution in [0.15, 0.2) is 115 Å².